The molecule has 2 saturated heterocycles. The number of piperidine rings is 1. The average Bonchev–Trinajstić information content (AvgIpc) is 3.66. The van der Waals surface area contributed by atoms with Crippen LogP contribution in [-0.2, 0) is 44.6 Å². The molecule has 0 aliphatic carbocycles. The second-order valence-electron chi connectivity index (χ2n) is 14.3. The molecule has 15 heteroatoms. The molecule has 0 saturated carbocycles. The number of nitrogens with one attached hydrogen (secondary N) is 1. The molecule has 0 radical (unpaired) electrons. The number of ether oxygens (including phenoxy) is 1. The van der Waals surface area contributed by atoms with E-state index in [0.29, 0.717) is 47.8 Å². The topological polar surface area (TPSA) is 129 Å². The zero-order valence-corrected chi connectivity index (χ0v) is 29.3. The molecule has 0 bridgehead atoms. The summed E-state index contributed by atoms with van der Waals surface area (Å²) in [6.45, 7) is 15.3. The molecule has 2 aliphatic rings. The van der Waals surface area contributed by atoms with E-state index >= 15 is 4.39 Å². The fourth-order valence-corrected chi connectivity index (χ4v) is 7.72. The highest BCUT2D eigenvalue weighted by Gasteiger charge is 2.51. The van der Waals surface area contributed by atoms with Crippen LogP contribution in [0.5, 0.6) is 0 Å². The number of anilines is 1. The first-order chi connectivity index (χ1) is 21.6. The van der Waals surface area contributed by atoms with Crippen LogP contribution in [0.2, 0.25) is 0 Å². The Bertz CT molecular complexity index is 1820. The molecule has 5 heterocycles. The van der Waals surface area contributed by atoms with Crippen LogP contribution >= 0.6 is 0 Å². The molecule has 6 rings (SSSR count). The molecule has 4 aromatic rings. The second kappa shape index (κ2) is 12.0. The minimum Gasteiger partial charge on any atom is -0.376 e. The Morgan fingerprint density at radius 2 is 1.83 bits per heavy atom. The van der Waals surface area contributed by atoms with Crippen LogP contribution in [0.4, 0.5) is 10.2 Å². The van der Waals surface area contributed by atoms with Gasteiger partial charge in [-0.1, -0.05) is 0 Å². The molecular formula is C31H43FN8O4S2. The zero-order valence-electron chi connectivity index (χ0n) is 27.7. The molecule has 1 spiro atoms. The van der Waals surface area contributed by atoms with E-state index in [1.807, 2.05) is 48.5 Å². The fourth-order valence-electron chi connectivity index (χ4n) is 6.13. The van der Waals surface area contributed by atoms with Crippen molar-refractivity contribution in [3.8, 4) is 5.69 Å². The van der Waals surface area contributed by atoms with Gasteiger partial charge in [-0.25, -0.2) is 32.2 Å². The fraction of sp³-hybridized carbons (Fsp3) is 0.613. The highest BCUT2D eigenvalue weighted by molar-refractivity contribution is 7.84. The Labute approximate surface area is 273 Å². The first-order valence-corrected chi connectivity index (χ1v) is 17.8. The lowest BCUT2D eigenvalue weighted by atomic mass is 9.73. The standard InChI is InChI=1S/C31H43FN8O4S2/c1-19-26(37-45(41)29(2,3)4)31(18-43-19)11-13-39(14-12-31)27-22(17-44-46(42)30(5,6)7)35-28-21(34-27)15-33-40(28)23-10-9-20-16-38(8)36-25(20)24(23)32/h9-10,15-16,19,26,37H,11-14,17-18H2,1-8H3/t19-,26+,45?,46?/m0/s1. The predicted octanol–water partition coefficient (Wildman–Crippen LogP) is 4.25. The van der Waals surface area contributed by atoms with Crippen molar-refractivity contribution in [2.75, 3.05) is 24.6 Å². The molecule has 1 N–H and O–H groups in total. The molecule has 250 valence electrons. The van der Waals surface area contributed by atoms with Crippen molar-refractivity contribution < 1.29 is 21.7 Å². The van der Waals surface area contributed by atoms with Gasteiger partial charge in [-0.05, 0) is 73.4 Å². The predicted molar refractivity (Wildman–Crippen MR) is 178 cm³/mol. The molecule has 0 amide bonds. The SMILES string of the molecule is C[C@@H]1OCC2(CCN(c3nc4cnn(-c5ccc6cn(C)nc6c5F)c4nc3COS(=O)C(C)(C)C)CC2)[C@@H]1NS(=O)C(C)(C)C. The number of halogens is 1. The maximum Gasteiger partial charge on any atom is 0.182 e. The van der Waals surface area contributed by atoms with Crippen molar-refractivity contribution in [2.24, 2.45) is 12.5 Å². The number of hydrogen-bond donors (Lipinski definition) is 1. The van der Waals surface area contributed by atoms with Crippen LogP contribution in [0.3, 0.4) is 0 Å². The van der Waals surface area contributed by atoms with E-state index in [-0.39, 0.29) is 35.4 Å². The maximum atomic E-state index is 15.7. The van der Waals surface area contributed by atoms with Crippen molar-refractivity contribution in [3.05, 3.63) is 36.0 Å². The highest BCUT2D eigenvalue weighted by atomic mass is 32.2. The lowest BCUT2D eigenvalue weighted by Crippen LogP contribution is -2.55. The van der Waals surface area contributed by atoms with Gasteiger partial charge in [0.15, 0.2) is 28.4 Å². The summed E-state index contributed by atoms with van der Waals surface area (Å²) in [7, 11) is 0.517. The third kappa shape index (κ3) is 6.12. The Kier molecular flexibility index (Phi) is 8.62. The van der Waals surface area contributed by atoms with Crippen molar-refractivity contribution in [1.82, 2.24) is 34.3 Å². The van der Waals surface area contributed by atoms with E-state index in [1.54, 1.807) is 36.3 Å². The monoisotopic (exact) mass is 674 g/mol. The van der Waals surface area contributed by atoms with Crippen LogP contribution < -0.4 is 9.62 Å². The maximum absolute atomic E-state index is 15.7. The summed E-state index contributed by atoms with van der Waals surface area (Å²) < 4.78 is 59.0. The normalized spacial score (nSPS) is 21.9. The molecule has 2 unspecified atom stereocenters. The first kappa shape index (κ1) is 33.1. The average molecular weight is 675 g/mol. The second-order valence-corrected chi connectivity index (χ2v) is 18.3. The molecule has 2 fully saturated rings. The number of hydrogen-bond acceptors (Lipinski definition) is 9. The van der Waals surface area contributed by atoms with Crippen molar-refractivity contribution >= 4 is 50.0 Å². The molecule has 3 aromatic heterocycles. The quantitative estimate of drug-likeness (QED) is 0.306. The van der Waals surface area contributed by atoms with Crippen molar-refractivity contribution in [1.29, 1.82) is 0 Å². The Hall–Kier alpha value is -2.85. The van der Waals surface area contributed by atoms with Gasteiger partial charge >= 0.3 is 0 Å². The van der Waals surface area contributed by atoms with E-state index in [0.717, 1.165) is 12.8 Å². The molecule has 1 aromatic carbocycles. The minimum atomic E-state index is -1.60. The van der Waals surface area contributed by atoms with Crippen LogP contribution in [0.15, 0.2) is 24.5 Å². The van der Waals surface area contributed by atoms with Gasteiger partial charge in [-0.3, -0.25) is 8.86 Å². The van der Waals surface area contributed by atoms with Crippen molar-refractivity contribution in [3.63, 3.8) is 0 Å². The number of aryl methyl sites for hydroxylation is 1. The summed E-state index contributed by atoms with van der Waals surface area (Å²) >= 11 is -1.60. The van der Waals surface area contributed by atoms with Gasteiger partial charge in [-0.2, -0.15) is 10.2 Å². The lowest BCUT2D eigenvalue weighted by Gasteiger charge is -2.43. The lowest BCUT2D eigenvalue weighted by molar-refractivity contribution is 0.0973. The largest absolute Gasteiger partial charge is 0.376 e. The number of aromatic nitrogens is 6. The molecule has 12 nitrogen and oxygen atoms in total. The van der Waals surface area contributed by atoms with Gasteiger partial charge in [0.05, 0.1) is 45.4 Å². The number of fused-ring (bicyclic) bond motifs is 2. The van der Waals surface area contributed by atoms with Crippen LogP contribution in [0.25, 0.3) is 27.8 Å². The summed E-state index contributed by atoms with van der Waals surface area (Å²) in [4.78, 5) is 12.1. The summed E-state index contributed by atoms with van der Waals surface area (Å²) in [5.74, 6) is 0.105. The molecule has 2 aliphatic heterocycles. The Morgan fingerprint density at radius 1 is 1.11 bits per heavy atom. The number of nitrogens with zero attached hydrogens (tertiary/aromatic N) is 7. The van der Waals surface area contributed by atoms with Crippen molar-refractivity contribution in [2.45, 2.75) is 89.6 Å². The van der Waals surface area contributed by atoms with Gasteiger partial charge in [0.1, 0.15) is 29.0 Å². The smallest absolute Gasteiger partial charge is 0.182 e. The number of rotatable bonds is 7. The molecule has 46 heavy (non-hydrogen) atoms. The van der Waals surface area contributed by atoms with Crippen LogP contribution in [0, 0.1) is 11.2 Å². The van der Waals surface area contributed by atoms with Gasteiger partial charge in [0.25, 0.3) is 0 Å². The van der Waals surface area contributed by atoms with Gasteiger partial charge in [-0.15, -0.1) is 0 Å². The molecule has 4 atom stereocenters. The summed E-state index contributed by atoms with van der Waals surface area (Å²) in [6.07, 6.45) is 4.84. The summed E-state index contributed by atoms with van der Waals surface area (Å²) in [5, 5.41) is 9.42. The summed E-state index contributed by atoms with van der Waals surface area (Å²) in [6, 6.07) is 3.39. The first-order valence-electron chi connectivity index (χ1n) is 15.5. The van der Waals surface area contributed by atoms with E-state index in [4.69, 9.17) is 18.9 Å². The van der Waals surface area contributed by atoms with Gasteiger partial charge in [0.2, 0.25) is 0 Å². The third-order valence-corrected chi connectivity index (χ3v) is 11.7. The number of benzene rings is 1. The van der Waals surface area contributed by atoms with Crippen LogP contribution in [0.1, 0.15) is 67.0 Å². The summed E-state index contributed by atoms with van der Waals surface area (Å²) in [5.41, 5.74) is 1.61. The van der Waals surface area contributed by atoms with Crippen LogP contribution in [-0.4, -0.2) is 79.3 Å². The van der Waals surface area contributed by atoms with Gasteiger partial charge < -0.3 is 9.64 Å². The highest BCUT2D eigenvalue weighted by Crippen LogP contribution is 2.44. The molecular weight excluding hydrogens is 632 g/mol. The van der Waals surface area contributed by atoms with E-state index in [9.17, 15) is 8.42 Å². The van der Waals surface area contributed by atoms with E-state index in [1.165, 1.54) is 4.68 Å². The Morgan fingerprint density at radius 3 is 2.50 bits per heavy atom. The Balaban J connectivity index is 1.33. The van der Waals surface area contributed by atoms with E-state index < -0.39 is 37.4 Å². The van der Waals surface area contributed by atoms with E-state index in [2.05, 4.69) is 19.8 Å². The van der Waals surface area contributed by atoms with Gasteiger partial charge in [0, 0.05) is 37.1 Å². The zero-order chi connectivity index (χ0) is 33.2. The minimum absolute atomic E-state index is 0.0500. The third-order valence-electron chi connectivity index (χ3n) is 8.80.